The molecule has 1 unspecified atom stereocenters. The molecule has 0 aromatic heterocycles. The first-order valence-corrected chi connectivity index (χ1v) is 9.08. The SMILES string of the molecule is NCC(c1ccccc1OCCCc1ccccc1)N1CCCC1. The largest absolute Gasteiger partial charge is 0.493 e. The standard InChI is InChI=1S/C21H28N2O/c22-17-20(23-14-6-7-15-23)19-12-4-5-13-21(19)24-16-8-11-18-9-2-1-3-10-18/h1-5,9-10,12-13,20H,6-8,11,14-17,22H2. The van der Waals surface area contributed by atoms with Crippen molar-refractivity contribution in [3.8, 4) is 5.75 Å². The number of aryl methyl sites for hydroxylation is 1. The van der Waals surface area contributed by atoms with Crippen molar-refractivity contribution in [2.24, 2.45) is 5.73 Å². The van der Waals surface area contributed by atoms with Gasteiger partial charge >= 0.3 is 0 Å². The first-order chi connectivity index (χ1) is 11.9. The van der Waals surface area contributed by atoms with Gasteiger partial charge < -0.3 is 10.5 Å². The molecule has 128 valence electrons. The smallest absolute Gasteiger partial charge is 0.124 e. The summed E-state index contributed by atoms with van der Waals surface area (Å²) in [7, 11) is 0. The van der Waals surface area contributed by atoms with Crippen LogP contribution in [0.4, 0.5) is 0 Å². The number of nitrogens with two attached hydrogens (primary N) is 1. The lowest BCUT2D eigenvalue weighted by Crippen LogP contribution is -2.31. The molecule has 0 radical (unpaired) electrons. The van der Waals surface area contributed by atoms with Crippen molar-refractivity contribution in [1.29, 1.82) is 0 Å². The molecule has 3 heteroatoms. The van der Waals surface area contributed by atoms with Gasteiger partial charge in [-0.1, -0.05) is 48.5 Å². The normalized spacial score (nSPS) is 16.2. The molecule has 1 fully saturated rings. The minimum Gasteiger partial charge on any atom is -0.493 e. The summed E-state index contributed by atoms with van der Waals surface area (Å²) in [5.74, 6) is 0.993. The molecule has 0 saturated carbocycles. The number of hydrogen-bond donors (Lipinski definition) is 1. The van der Waals surface area contributed by atoms with E-state index in [-0.39, 0.29) is 6.04 Å². The highest BCUT2D eigenvalue weighted by molar-refractivity contribution is 5.36. The molecule has 2 aromatic rings. The number of ether oxygens (including phenoxy) is 1. The van der Waals surface area contributed by atoms with Gasteiger partial charge in [-0.05, 0) is 50.4 Å². The van der Waals surface area contributed by atoms with E-state index in [4.69, 9.17) is 10.5 Å². The van der Waals surface area contributed by atoms with Crippen LogP contribution in [0.5, 0.6) is 5.75 Å². The highest BCUT2D eigenvalue weighted by Crippen LogP contribution is 2.31. The Bertz CT molecular complexity index is 608. The molecular formula is C21H28N2O. The highest BCUT2D eigenvalue weighted by atomic mass is 16.5. The number of hydrogen-bond acceptors (Lipinski definition) is 3. The van der Waals surface area contributed by atoms with Gasteiger partial charge in [0.25, 0.3) is 0 Å². The molecule has 0 amide bonds. The quantitative estimate of drug-likeness (QED) is 0.751. The van der Waals surface area contributed by atoms with Crippen LogP contribution in [0, 0.1) is 0 Å². The second kappa shape index (κ2) is 8.86. The van der Waals surface area contributed by atoms with Gasteiger partial charge in [-0.2, -0.15) is 0 Å². The van der Waals surface area contributed by atoms with Crippen LogP contribution in [-0.2, 0) is 6.42 Å². The molecule has 3 nitrogen and oxygen atoms in total. The molecule has 3 rings (SSSR count). The van der Waals surface area contributed by atoms with Crippen molar-refractivity contribution in [2.75, 3.05) is 26.2 Å². The van der Waals surface area contributed by atoms with Gasteiger partial charge in [0.15, 0.2) is 0 Å². The molecule has 0 bridgehead atoms. The summed E-state index contributed by atoms with van der Waals surface area (Å²) in [6.45, 7) is 3.67. The van der Waals surface area contributed by atoms with E-state index >= 15 is 0 Å². The monoisotopic (exact) mass is 324 g/mol. The zero-order chi connectivity index (χ0) is 16.6. The molecule has 1 aliphatic heterocycles. The Kier molecular flexibility index (Phi) is 6.27. The average molecular weight is 324 g/mol. The molecule has 0 spiro atoms. The summed E-state index contributed by atoms with van der Waals surface area (Å²) in [5.41, 5.74) is 8.69. The maximum absolute atomic E-state index is 6.12. The van der Waals surface area contributed by atoms with Crippen molar-refractivity contribution >= 4 is 0 Å². The van der Waals surface area contributed by atoms with Crippen LogP contribution in [0.3, 0.4) is 0 Å². The molecular weight excluding hydrogens is 296 g/mol. The Labute approximate surface area is 145 Å². The van der Waals surface area contributed by atoms with Crippen LogP contribution in [0.25, 0.3) is 0 Å². The van der Waals surface area contributed by atoms with Crippen LogP contribution in [0.1, 0.15) is 36.4 Å². The van der Waals surface area contributed by atoms with E-state index in [9.17, 15) is 0 Å². The summed E-state index contributed by atoms with van der Waals surface area (Å²) in [5, 5.41) is 0. The summed E-state index contributed by atoms with van der Waals surface area (Å²) in [4.78, 5) is 2.49. The minimum atomic E-state index is 0.276. The Balaban J connectivity index is 1.59. The predicted molar refractivity (Wildman–Crippen MR) is 99.3 cm³/mol. The van der Waals surface area contributed by atoms with Crippen molar-refractivity contribution < 1.29 is 4.74 Å². The summed E-state index contributed by atoms with van der Waals surface area (Å²) in [6.07, 6.45) is 4.62. The lowest BCUT2D eigenvalue weighted by atomic mass is 10.0. The number of benzene rings is 2. The van der Waals surface area contributed by atoms with Crippen LogP contribution in [0.2, 0.25) is 0 Å². The second-order valence-electron chi connectivity index (χ2n) is 6.47. The van der Waals surface area contributed by atoms with Crippen molar-refractivity contribution in [3.63, 3.8) is 0 Å². The van der Waals surface area contributed by atoms with Crippen molar-refractivity contribution in [2.45, 2.75) is 31.7 Å². The van der Waals surface area contributed by atoms with Gasteiger partial charge in [0.1, 0.15) is 5.75 Å². The zero-order valence-corrected chi connectivity index (χ0v) is 14.4. The summed E-state index contributed by atoms with van der Waals surface area (Å²) >= 11 is 0. The molecule has 0 aliphatic carbocycles. The summed E-state index contributed by atoms with van der Waals surface area (Å²) < 4.78 is 6.12. The van der Waals surface area contributed by atoms with E-state index in [1.54, 1.807) is 0 Å². The fourth-order valence-corrected chi connectivity index (χ4v) is 3.52. The fourth-order valence-electron chi connectivity index (χ4n) is 3.52. The molecule has 1 heterocycles. The second-order valence-corrected chi connectivity index (χ2v) is 6.47. The van der Waals surface area contributed by atoms with Crippen molar-refractivity contribution in [1.82, 2.24) is 4.90 Å². The number of para-hydroxylation sites is 1. The van der Waals surface area contributed by atoms with Gasteiger partial charge in [-0.25, -0.2) is 0 Å². The van der Waals surface area contributed by atoms with Crippen LogP contribution < -0.4 is 10.5 Å². The number of rotatable bonds is 8. The first-order valence-electron chi connectivity index (χ1n) is 9.08. The third-order valence-corrected chi connectivity index (χ3v) is 4.79. The molecule has 2 N–H and O–H groups in total. The number of nitrogens with zero attached hydrogens (tertiary/aromatic N) is 1. The van der Waals surface area contributed by atoms with Gasteiger partial charge in [0.2, 0.25) is 0 Å². The van der Waals surface area contributed by atoms with Crippen molar-refractivity contribution in [3.05, 3.63) is 65.7 Å². The molecule has 2 aromatic carbocycles. The number of likely N-dealkylation sites (tertiary alicyclic amines) is 1. The van der Waals surface area contributed by atoms with Gasteiger partial charge in [-0.3, -0.25) is 4.90 Å². The maximum atomic E-state index is 6.12. The van der Waals surface area contributed by atoms with E-state index in [1.165, 1.54) is 24.0 Å². The molecule has 1 aliphatic rings. The molecule has 1 atom stereocenters. The zero-order valence-electron chi connectivity index (χ0n) is 14.4. The Morgan fingerprint density at radius 1 is 0.958 bits per heavy atom. The maximum Gasteiger partial charge on any atom is 0.124 e. The average Bonchev–Trinajstić information content (AvgIpc) is 3.16. The lowest BCUT2D eigenvalue weighted by molar-refractivity contribution is 0.238. The van der Waals surface area contributed by atoms with E-state index in [0.29, 0.717) is 6.54 Å². The molecule has 24 heavy (non-hydrogen) atoms. The van der Waals surface area contributed by atoms with Gasteiger partial charge in [0, 0.05) is 12.1 Å². The topological polar surface area (TPSA) is 38.5 Å². The van der Waals surface area contributed by atoms with Crippen LogP contribution in [0.15, 0.2) is 54.6 Å². The van der Waals surface area contributed by atoms with E-state index in [0.717, 1.165) is 38.3 Å². The van der Waals surface area contributed by atoms with E-state index in [2.05, 4.69) is 53.4 Å². The third kappa shape index (κ3) is 4.37. The van der Waals surface area contributed by atoms with E-state index in [1.807, 2.05) is 6.07 Å². The lowest BCUT2D eigenvalue weighted by Gasteiger charge is -2.28. The summed E-state index contributed by atoms with van der Waals surface area (Å²) in [6, 6.07) is 19.2. The Hall–Kier alpha value is -1.84. The Morgan fingerprint density at radius 2 is 1.67 bits per heavy atom. The van der Waals surface area contributed by atoms with Gasteiger partial charge in [0.05, 0.1) is 12.6 Å². The Morgan fingerprint density at radius 3 is 2.42 bits per heavy atom. The highest BCUT2D eigenvalue weighted by Gasteiger charge is 2.24. The fraction of sp³-hybridized carbons (Fsp3) is 0.429. The van der Waals surface area contributed by atoms with E-state index < -0.39 is 0 Å². The van der Waals surface area contributed by atoms with Gasteiger partial charge in [-0.15, -0.1) is 0 Å². The minimum absolute atomic E-state index is 0.276. The predicted octanol–water partition coefficient (Wildman–Crippen LogP) is 3.79. The van der Waals surface area contributed by atoms with Crippen LogP contribution >= 0.6 is 0 Å². The van der Waals surface area contributed by atoms with Crippen LogP contribution in [-0.4, -0.2) is 31.1 Å². The first kappa shape index (κ1) is 17.0. The third-order valence-electron chi connectivity index (χ3n) is 4.79. The molecule has 1 saturated heterocycles.